The van der Waals surface area contributed by atoms with Crippen molar-refractivity contribution in [1.82, 2.24) is 0 Å². The average Bonchev–Trinajstić information content (AvgIpc) is 2.75. The first-order valence-electron chi connectivity index (χ1n) is 9.28. The van der Waals surface area contributed by atoms with Crippen LogP contribution in [-0.4, -0.2) is 31.3 Å². The summed E-state index contributed by atoms with van der Waals surface area (Å²) in [5.41, 5.74) is 2.20. The van der Waals surface area contributed by atoms with E-state index in [0.717, 1.165) is 17.7 Å². The molecule has 0 heterocycles. The topological polar surface area (TPSA) is 118 Å². The van der Waals surface area contributed by atoms with Crippen molar-refractivity contribution in [3.05, 3.63) is 102 Å². The number of carbonyl (C=O) groups excluding carboxylic acids is 1. The van der Waals surface area contributed by atoms with Crippen LogP contribution in [0.25, 0.3) is 11.1 Å². The Kier molecular flexibility index (Phi) is 6.42. The van der Waals surface area contributed by atoms with Gasteiger partial charge in [0.05, 0.1) is 11.1 Å². The number of hydrogen-bond acceptors (Lipinski definition) is 6. The number of ketones is 1. The minimum atomic E-state index is -0.606. The zero-order valence-electron chi connectivity index (χ0n) is 16.3. The molecule has 0 amide bonds. The van der Waals surface area contributed by atoms with Gasteiger partial charge >= 0.3 is 0 Å². The highest BCUT2D eigenvalue weighted by atomic mass is 16.3. The lowest BCUT2D eigenvalue weighted by atomic mass is 10.0. The van der Waals surface area contributed by atoms with Crippen LogP contribution in [0.2, 0.25) is 0 Å². The van der Waals surface area contributed by atoms with Crippen LogP contribution in [0.15, 0.2) is 91.0 Å². The molecule has 6 heteroatoms. The van der Waals surface area contributed by atoms with Gasteiger partial charge < -0.3 is 25.5 Å². The van der Waals surface area contributed by atoms with Crippen LogP contribution in [0.1, 0.15) is 15.9 Å². The first-order chi connectivity index (χ1) is 14.8. The smallest absolute Gasteiger partial charge is 0.200 e. The van der Waals surface area contributed by atoms with E-state index in [0.29, 0.717) is 5.75 Å². The molecule has 0 aliphatic carbocycles. The number of benzene rings is 4. The van der Waals surface area contributed by atoms with E-state index in [-0.39, 0.29) is 34.1 Å². The number of hydrogen-bond donors (Lipinski definition) is 5. The largest absolute Gasteiger partial charge is 0.508 e. The Labute approximate surface area is 178 Å². The Bertz CT molecular complexity index is 1130. The molecule has 6 nitrogen and oxygen atoms in total. The molecule has 5 N–H and O–H groups in total. The summed E-state index contributed by atoms with van der Waals surface area (Å²) < 4.78 is 0. The predicted octanol–water partition coefficient (Wildman–Crippen LogP) is 4.80. The minimum absolute atomic E-state index is 0.0474. The molecule has 0 saturated heterocycles. The second-order valence-electron chi connectivity index (χ2n) is 6.64. The molecule has 0 unspecified atom stereocenters. The highest BCUT2D eigenvalue weighted by Gasteiger charge is 2.17. The highest BCUT2D eigenvalue weighted by molar-refractivity contribution is 6.12. The van der Waals surface area contributed by atoms with E-state index in [1.54, 1.807) is 12.1 Å². The van der Waals surface area contributed by atoms with Gasteiger partial charge in [-0.1, -0.05) is 42.5 Å². The molecule has 156 valence electrons. The van der Waals surface area contributed by atoms with Gasteiger partial charge in [0, 0.05) is 12.1 Å². The molecule has 0 saturated carbocycles. The van der Waals surface area contributed by atoms with Crippen LogP contribution in [0, 0.1) is 0 Å². The van der Waals surface area contributed by atoms with E-state index >= 15 is 0 Å². The molecule has 31 heavy (non-hydrogen) atoms. The van der Waals surface area contributed by atoms with Crippen molar-refractivity contribution in [3.8, 4) is 39.9 Å². The quantitative estimate of drug-likeness (QED) is 0.306. The van der Waals surface area contributed by atoms with Gasteiger partial charge in [-0.2, -0.15) is 0 Å². The highest BCUT2D eigenvalue weighted by Crippen LogP contribution is 2.29. The van der Waals surface area contributed by atoms with Gasteiger partial charge in [0.2, 0.25) is 0 Å². The first-order valence-corrected chi connectivity index (χ1v) is 9.28. The minimum Gasteiger partial charge on any atom is -0.508 e. The van der Waals surface area contributed by atoms with Gasteiger partial charge in [0.25, 0.3) is 0 Å². The number of aromatic hydroxyl groups is 5. The van der Waals surface area contributed by atoms with Gasteiger partial charge in [-0.25, -0.2) is 0 Å². The molecule has 0 aromatic heterocycles. The summed E-state index contributed by atoms with van der Waals surface area (Å²) in [6.07, 6.45) is 0. The van der Waals surface area contributed by atoms with Crippen LogP contribution in [-0.2, 0) is 0 Å². The Hall–Kier alpha value is -4.45. The SMILES string of the molecule is O=C(c1ccc(O)cc1O)c1ccc(O)cc1O.Oc1ccc(-c2ccccc2)cc1. The standard InChI is InChI=1S/C13H10O5.C12H10O/c14-7-1-3-9(11(16)5-7)13(18)10-4-2-8(15)6-12(10)17;13-12-8-6-11(7-9-12)10-4-2-1-3-5-10/h1-6,14-17H;1-9,13H. The van der Waals surface area contributed by atoms with Crippen LogP contribution in [0.4, 0.5) is 0 Å². The summed E-state index contributed by atoms with van der Waals surface area (Å²) >= 11 is 0. The molecule has 4 rings (SSSR count). The van der Waals surface area contributed by atoms with E-state index in [1.165, 1.54) is 29.8 Å². The van der Waals surface area contributed by atoms with Gasteiger partial charge in [-0.05, 0) is 47.5 Å². The van der Waals surface area contributed by atoms with Gasteiger partial charge in [-0.3, -0.25) is 4.79 Å². The van der Waals surface area contributed by atoms with E-state index in [2.05, 4.69) is 0 Å². The second-order valence-corrected chi connectivity index (χ2v) is 6.64. The van der Waals surface area contributed by atoms with Crippen molar-refractivity contribution >= 4 is 5.78 Å². The lowest BCUT2D eigenvalue weighted by Gasteiger charge is -2.06. The lowest BCUT2D eigenvalue weighted by Crippen LogP contribution is -2.01. The van der Waals surface area contributed by atoms with Crippen molar-refractivity contribution in [2.45, 2.75) is 0 Å². The molecule has 0 fully saturated rings. The maximum Gasteiger partial charge on any atom is 0.200 e. The third-order valence-electron chi connectivity index (χ3n) is 4.43. The van der Waals surface area contributed by atoms with E-state index in [9.17, 15) is 15.0 Å². The monoisotopic (exact) mass is 416 g/mol. The van der Waals surface area contributed by atoms with Crippen molar-refractivity contribution in [3.63, 3.8) is 0 Å². The lowest BCUT2D eigenvalue weighted by molar-refractivity contribution is 0.103. The molecular formula is C25H20O6. The molecule has 0 atom stereocenters. The Balaban J connectivity index is 0.000000185. The molecule has 4 aromatic rings. The summed E-state index contributed by atoms with van der Waals surface area (Å²) in [5, 5.41) is 46.5. The normalized spacial score (nSPS) is 10.1. The van der Waals surface area contributed by atoms with Gasteiger partial charge in [0.15, 0.2) is 5.78 Å². The predicted molar refractivity (Wildman–Crippen MR) is 117 cm³/mol. The van der Waals surface area contributed by atoms with Crippen LogP contribution < -0.4 is 0 Å². The molecule has 0 spiro atoms. The Morgan fingerprint density at radius 2 is 0.903 bits per heavy atom. The molecule has 4 aromatic carbocycles. The van der Waals surface area contributed by atoms with Crippen molar-refractivity contribution < 1.29 is 30.3 Å². The summed E-state index contributed by atoms with van der Waals surface area (Å²) in [7, 11) is 0. The zero-order valence-corrected chi connectivity index (χ0v) is 16.3. The molecule has 0 bridgehead atoms. The van der Waals surface area contributed by atoms with Crippen molar-refractivity contribution in [2.75, 3.05) is 0 Å². The summed E-state index contributed by atoms with van der Waals surface area (Å²) in [4.78, 5) is 12.0. The Morgan fingerprint density at radius 3 is 1.35 bits per heavy atom. The summed E-state index contributed by atoms with van der Waals surface area (Å²) in [6, 6.07) is 24.4. The van der Waals surface area contributed by atoms with Gasteiger partial charge in [-0.15, -0.1) is 0 Å². The molecule has 0 radical (unpaired) electrons. The van der Waals surface area contributed by atoms with E-state index in [1.807, 2.05) is 42.5 Å². The third kappa shape index (κ3) is 5.33. The van der Waals surface area contributed by atoms with Crippen LogP contribution in [0.5, 0.6) is 28.7 Å². The number of phenols is 5. The van der Waals surface area contributed by atoms with Gasteiger partial charge in [0.1, 0.15) is 28.7 Å². The molecule has 0 aliphatic rings. The van der Waals surface area contributed by atoms with Crippen LogP contribution in [0.3, 0.4) is 0 Å². The fourth-order valence-electron chi connectivity index (χ4n) is 2.85. The van der Waals surface area contributed by atoms with Crippen LogP contribution >= 0.6 is 0 Å². The van der Waals surface area contributed by atoms with E-state index in [4.69, 9.17) is 15.3 Å². The third-order valence-corrected chi connectivity index (χ3v) is 4.43. The second kappa shape index (κ2) is 9.37. The van der Waals surface area contributed by atoms with Crippen molar-refractivity contribution in [1.29, 1.82) is 0 Å². The summed E-state index contributed by atoms with van der Waals surface area (Å²) in [6.45, 7) is 0. The fourth-order valence-corrected chi connectivity index (χ4v) is 2.85. The number of phenolic OH excluding ortho intramolecular Hbond substituents is 5. The maximum absolute atomic E-state index is 12.0. The van der Waals surface area contributed by atoms with Crippen molar-refractivity contribution in [2.24, 2.45) is 0 Å². The first kappa shape index (κ1) is 21.3. The fraction of sp³-hybridized carbons (Fsp3) is 0. The number of carbonyl (C=O) groups is 1. The van der Waals surface area contributed by atoms with E-state index < -0.39 is 5.78 Å². The summed E-state index contributed by atoms with van der Waals surface area (Å²) in [5.74, 6) is -1.40. The zero-order chi connectivity index (χ0) is 22.4. The maximum atomic E-state index is 12.0. The molecule has 0 aliphatic heterocycles. The number of rotatable bonds is 3. The average molecular weight is 416 g/mol. The molecular weight excluding hydrogens is 396 g/mol. The Morgan fingerprint density at radius 1 is 0.484 bits per heavy atom.